The van der Waals surface area contributed by atoms with Gasteiger partial charge in [-0.15, -0.1) is 0 Å². The van der Waals surface area contributed by atoms with E-state index in [0.717, 1.165) is 88.0 Å². The molecule has 0 saturated heterocycles. The van der Waals surface area contributed by atoms with Crippen LogP contribution in [0.25, 0.3) is 0 Å². The second-order valence-electron chi connectivity index (χ2n) is 13.8. The zero-order valence-electron chi connectivity index (χ0n) is 25.2. The standard InChI is InChI=1S/C34H42ClN3O5S/c35-26-11-13-28-23(17-26)5-4-15-34(28)20-38-19-25-9-12-27(25)29(36-32(39)22-7-8-22)6-2-1-3-16-44(41,42)37-33(40)24-10-14-31(43-21-34)30(38)18-24/h10-11,13-14,17-18,22,25,27,29H,1-9,12,15-16,19-21H2,(H,36,39)(H,37,40)/t25-,27+,29+,34-/m0/s1. The van der Waals surface area contributed by atoms with Crippen molar-refractivity contribution in [2.75, 3.05) is 30.3 Å². The van der Waals surface area contributed by atoms with Gasteiger partial charge in [0.2, 0.25) is 15.9 Å². The molecule has 5 aliphatic rings. The van der Waals surface area contributed by atoms with Crippen molar-refractivity contribution in [1.82, 2.24) is 10.0 Å². The molecule has 8 nitrogen and oxygen atoms in total. The van der Waals surface area contributed by atoms with Gasteiger partial charge in [0.05, 0.1) is 18.0 Å². The quantitative estimate of drug-likeness (QED) is 0.458. The van der Waals surface area contributed by atoms with Crippen molar-refractivity contribution in [2.45, 2.75) is 82.1 Å². The van der Waals surface area contributed by atoms with Crippen molar-refractivity contribution >= 4 is 39.1 Å². The highest BCUT2D eigenvalue weighted by Gasteiger charge is 2.45. The molecule has 2 saturated carbocycles. The summed E-state index contributed by atoms with van der Waals surface area (Å²) in [5.74, 6) is 1.07. The van der Waals surface area contributed by atoms with Gasteiger partial charge in [-0.1, -0.05) is 30.5 Å². The molecule has 0 unspecified atom stereocenters. The second-order valence-corrected chi connectivity index (χ2v) is 16.1. The number of aryl methyl sites for hydroxylation is 1. The highest BCUT2D eigenvalue weighted by molar-refractivity contribution is 7.90. The number of carbonyl (C=O) groups is 2. The molecular weight excluding hydrogens is 598 g/mol. The fourth-order valence-electron chi connectivity index (χ4n) is 8.01. The number of sulfonamides is 1. The van der Waals surface area contributed by atoms with Crippen molar-refractivity contribution in [3.8, 4) is 5.75 Å². The Bertz CT molecular complexity index is 1560. The first-order valence-corrected chi connectivity index (χ1v) is 18.4. The van der Waals surface area contributed by atoms with Crippen LogP contribution in [0.4, 0.5) is 5.69 Å². The van der Waals surface area contributed by atoms with Crippen molar-refractivity contribution in [2.24, 2.45) is 17.8 Å². The Balaban J connectivity index is 1.26. The van der Waals surface area contributed by atoms with E-state index in [4.69, 9.17) is 16.3 Å². The topological polar surface area (TPSA) is 105 Å². The molecule has 0 radical (unpaired) electrons. The molecule has 1 spiro atoms. The number of rotatable bonds is 2. The van der Waals surface area contributed by atoms with Gasteiger partial charge in [-0.3, -0.25) is 9.59 Å². The van der Waals surface area contributed by atoms with E-state index in [2.05, 4.69) is 27.1 Å². The lowest BCUT2D eigenvalue weighted by Gasteiger charge is -2.47. The lowest BCUT2D eigenvalue weighted by Crippen LogP contribution is -2.52. The zero-order valence-corrected chi connectivity index (χ0v) is 26.7. The summed E-state index contributed by atoms with van der Waals surface area (Å²) in [6, 6.07) is 11.6. The third-order valence-electron chi connectivity index (χ3n) is 10.7. The van der Waals surface area contributed by atoms with Crippen molar-refractivity contribution < 1.29 is 22.7 Å². The fraction of sp³-hybridized carbons (Fsp3) is 0.588. The van der Waals surface area contributed by atoms with E-state index in [1.54, 1.807) is 12.1 Å². The van der Waals surface area contributed by atoms with E-state index >= 15 is 0 Å². The number of amides is 2. The lowest BCUT2D eigenvalue weighted by molar-refractivity contribution is -0.124. The first-order chi connectivity index (χ1) is 21.2. The van der Waals surface area contributed by atoms with Gasteiger partial charge in [-0.25, -0.2) is 13.1 Å². The molecule has 7 rings (SSSR count). The third kappa shape index (κ3) is 6.06. The van der Waals surface area contributed by atoms with Crippen LogP contribution in [0.5, 0.6) is 5.75 Å². The molecule has 10 heteroatoms. The number of nitrogens with zero attached hydrogens (tertiary/aromatic N) is 1. The number of carbonyl (C=O) groups excluding carboxylic acids is 2. The lowest BCUT2D eigenvalue weighted by atomic mass is 9.67. The highest BCUT2D eigenvalue weighted by Crippen LogP contribution is 2.47. The number of ether oxygens (including phenoxy) is 1. The number of benzene rings is 2. The molecule has 44 heavy (non-hydrogen) atoms. The molecule has 2 fully saturated rings. The number of fused-ring (bicyclic) bond motifs is 4. The summed E-state index contributed by atoms with van der Waals surface area (Å²) in [7, 11) is -3.78. The Morgan fingerprint density at radius 1 is 1.02 bits per heavy atom. The Morgan fingerprint density at radius 3 is 2.68 bits per heavy atom. The van der Waals surface area contributed by atoms with Crippen LogP contribution in [0.2, 0.25) is 5.02 Å². The maximum absolute atomic E-state index is 13.2. The van der Waals surface area contributed by atoms with Gasteiger partial charge in [0.15, 0.2) is 0 Å². The van der Waals surface area contributed by atoms with Crippen LogP contribution < -0.4 is 19.7 Å². The van der Waals surface area contributed by atoms with Crippen LogP contribution in [0.15, 0.2) is 36.4 Å². The summed E-state index contributed by atoms with van der Waals surface area (Å²) in [5.41, 5.74) is 3.42. The molecule has 2 aliphatic heterocycles. The van der Waals surface area contributed by atoms with Crippen LogP contribution in [-0.2, 0) is 26.7 Å². The molecular formula is C34H42ClN3O5S. The van der Waals surface area contributed by atoms with Crippen LogP contribution >= 0.6 is 11.6 Å². The summed E-state index contributed by atoms with van der Waals surface area (Å²) < 4.78 is 34.5. The summed E-state index contributed by atoms with van der Waals surface area (Å²) in [4.78, 5) is 28.5. The minimum absolute atomic E-state index is 0.0895. The summed E-state index contributed by atoms with van der Waals surface area (Å²) in [6.07, 6.45) is 9.98. The van der Waals surface area contributed by atoms with E-state index in [9.17, 15) is 18.0 Å². The molecule has 2 aromatic rings. The maximum Gasteiger partial charge on any atom is 0.264 e. The largest absolute Gasteiger partial charge is 0.490 e. The summed E-state index contributed by atoms with van der Waals surface area (Å²) >= 11 is 6.42. The average molecular weight is 640 g/mol. The molecule has 3 aliphatic carbocycles. The van der Waals surface area contributed by atoms with Crippen LogP contribution in [0.3, 0.4) is 0 Å². The Morgan fingerprint density at radius 2 is 1.89 bits per heavy atom. The second kappa shape index (κ2) is 11.9. The maximum atomic E-state index is 13.2. The molecule has 2 N–H and O–H groups in total. The molecule has 236 valence electrons. The van der Waals surface area contributed by atoms with Gasteiger partial charge < -0.3 is 15.0 Å². The van der Waals surface area contributed by atoms with E-state index in [1.807, 2.05) is 12.1 Å². The first kappa shape index (κ1) is 29.9. The number of halogens is 1. The average Bonchev–Trinajstić information content (AvgIpc) is 3.83. The van der Waals surface area contributed by atoms with Crippen molar-refractivity contribution in [1.29, 1.82) is 0 Å². The molecule has 2 amide bonds. The monoisotopic (exact) mass is 639 g/mol. The van der Waals surface area contributed by atoms with Gasteiger partial charge in [0, 0.05) is 41.1 Å². The first-order valence-electron chi connectivity index (χ1n) is 16.4. The van der Waals surface area contributed by atoms with Gasteiger partial charge >= 0.3 is 0 Å². The zero-order chi connectivity index (χ0) is 30.5. The smallest absolute Gasteiger partial charge is 0.264 e. The summed E-state index contributed by atoms with van der Waals surface area (Å²) in [5, 5.41) is 4.16. The van der Waals surface area contributed by atoms with Gasteiger partial charge in [-0.2, -0.15) is 0 Å². The number of nitrogens with one attached hydrogen (secondary N) is 2. The van der Waals surface area contributed by atoms with Crippen LogP contribution in [0.1, 0.15) is 85.7 Å². The van der Waals surface area contributed by atoms with Gasteiger partial charge in [0.1, 0.15) is 5.75 Å². The van der Waals surface area contributed by atoms with E-state index in [1.165, 1.54) is 11.1 Å². The number of anilines is 1. The van der Waals surface area contributed by atoms with Crippen LogP contribution in [-0.4, -0.2) is 51.7 Å². The predicted molar refractivity (Wildman–Crippen MR) is 171 cm³/mol. The highest BCUT2D eigenvalue weighted by atomic mass is 35.5. The molecule has 4 atom stereocenters. The summed E-state index contributed by atoms with van der Waals surface area (Å²) in [6.45, 7) is 2.02. The Labute approximate surface area is 265 Å². The molecule has 2 heterocycles. The minimum atomic E-state index is -3.78. The minimum Gasteiger partial charge on any atom is -0.490 e. The Kier molecular flexibility index (Phi) is 8.06. The van der Waals surface area contributed by atoms with Crippen LogP contribution in [0, 0.1) is 17.8 Å². The molecule has 2 bridgehead atoms. The number of hydrogen-bond acceptors (Lipinski definition) is 6. The van der Waals surface area contributed by atoms with E-state index in [-0.39, 0.29) is 29.0 Å². The Hall–Kier alpha value is -2.78. The normalized spacial score (nSPS) is 30.1. The molecule has 2 aromatic carbocycles. The SMILES string of the molecule is O=C1NS(=O)(=O)CCCCC[C@@H](NC(=O)C2CC2)[C@@H]2CC[C@H]2CN2C[C@@]3(CCCc4cc(Cl)ccc43)COc3ccc1cc32. The predicted octanol–water partition coefficient (Wildman–Crippen LogP) is 5.37. The van der Waals surface area contributed by atoms with E-state index < -0.39 is 15.9 Å². The van der Waals surface area contributed by atoms with Crippen molar-refractivity contribution in [3.63, 3.8) is 0 Å². The molecule has 0 aromatic heterocycles. The fourth-order valence-corrected chi connectivity index (χ4v) is 9.29. The van der Waals surface area contributed by atoms with Crippen molar-refractivity contribution in [3.05, 3.63) is 58.1 Å². The van der Waals surface area contributed by atoms with Gasteiger partial charge in [0.25, 0.3) is 5.91 Å². The van der Waals surface area contributed by atoms with E-state index in [0.29, 0.717) is 36.2 Å². The number of hydrogen-bond donors (Lipinski definition) is 2. The third-order valence-corrected chi connectivity index (χ3v) is 12.3. The van der Waals surface area contributed by atoms with Gasteiger partial charge in [-0.05, 0) is 111 Å².